The summed E-state index contributed by atoms with van der Waals surface area (Å²) in [6.45, 7) is 0. The topological polar surface area (TPSA) is 60.2 Å². The van der Waals surface area contributed by atoms with E-state index in [4.69, 9.17) is 17.3 Å². The minimum atomic E-state index is -3.36. The Hall–Kier alpha value is -0.390. The van der Waals surface area contributed by atoms with Gasteiger partial charge in [0.15, 0.2) is 9.84 Å². The minimum absolute atomic E-state index is 0.0562. The van der Waals surface area contributed by atoms with Crippen LogP contribution in [0.1, 0.15) is 0 Å². The van der Waals surface area contributed by atoms with Crippen LogP contribution in [-0.2, 0) is 9.84 Å². The highest BCUT2D eigenvalue weighted by Crippen LogP contribution is 2.28. The molecule has 0 aromatic heterocycles. The third-order valence-electron chi connectivity index (χ3n) is 1.86. The summed E-state index contributed by atoms with van der Waals surface area (Å²) in [5.74, 6) is 0.592. The van der Waals surface area contributed by atoms with Gasteiger partial charge in [0, 0.05) is 5.75 Å². The van der Waals surface area contributed by atoms with Gasteiger partial charge in [0.05, 0.1) is 16.5 Å². The molecule has 0 aliphatic heterocycles. The summed E-state index contributed by atoms with van der Waals surface area (Å²) in [6, 6.07) is 4.70. The van der Waals surface area contributed by atoms with Crippen molar-refractivity contribution in [1.82, 2.24) is 0 Å². The largest absolute Gasteiger partial charge is 0.398 e. The van der Waals surface area contributed by atoms with Gasteiger partial charge < -0.3 is 5.73 Å². The van der Waals surface area contributed by atoms with Crippen molar-refractivity contribution >= 4 is 38.9 Å². The molecule has 0 aliphatic rings. The number of halogens is 1. The maximum absolute atomic E-state index is 11.9. The standard InChI is InChI=1S/C9H12ClNO2S2/c1-14-5-6-15(12,13)9-7(10)3-2-4-8(9)11/h2-4H,5-6,11H2,1H3. The monoisotopic (exact) mass is 265 g/mol. The molecule has 3 nitrogen and oxygen atoms in total. The van der Waals surface area contributed by atoms with Gasteiger partial charge in [-0.25, -0.2) is 8.42 Å². The van der Waals surface area contributed by atoms with Crippen LogP contribution in [0.5, 0.6) is 0 Å². The number of nitrogens with two attached hydrogens (primary N) is 1. The predicted molar refractivity (Wildman–Crippen MR) is 66.3 cm³/mol. The summed E-state index contributed by atoms with van der Waals surface area (Å²) in [5, 5.41) is 0.191. The molecule has 15 heavy (non-hydrogen) atoms. The third-order valence-corrected chi connectivity index (χ3v) is 4.98. The van der Waals surface area contributed by atoms with Gasteiger partial charge in [0.1, 0.15) is 4.90 Å². The number of nitrogen functional groups attached to an aromatic ring is 1. The Kier molecular flexibility index (Phi) is 4.31. The maximum Gasteiger partial charge on any atom is 0.182 e. The van der Waals surface area contributed by atoms with E-state index in [0.717, 1.165) is 0 Å². The molecule has 0 unspecified atom stereocenters. The lowest BCUT2D eigenvalue weighted by atomic mass is 10.3. The molecule has 0 saturated heterocycles. The first-order valence-corrected chi connectivity index (χ1v) is 7.67. The van der Waals surface area contributed by atoms with E-state index in [0.29, 0.717) is 5.75 Å². The second kappa shape index (κ2) is 5.09. The normalized spacial score (nSPS) is 11.6. The van der Waals surface area contributed by atoms with Crippen LogP contribution < -0.4 is 5.73 Å². The van der Waals surface area contributed by atoms with Gasteiger partial charge in [-0.3, -0.25) is 0 Å². The summed E-state index contributed by atoms with van der Waals surface area (Å²) >= 11 is 7.30. The van der Waals surface area contributed by atoms with Gasteiger partial charge in [0.2, 0.25) is 0 Å². The summed E-state index contributed by atoms with van der Waals surface area (Å²) in [5.41, 5.74) is 5.82. The molecular formula is C9H12ClNO2S2. The molecule has 1 aromatic carbocycles. The molecular weight excluding hydrogens is 254 g/mol. The zero-order chi connectivity index (χ0) is 11.5. The van der Waals surface area contributed by atoms with Crippen LogP contribution in [0.15, 0.2) is 23.1 Å². The Labute approximate surface area is 98.9 Å². The molecule has 0 saturated carbocycles. The van der Waals surface area contributed by atoms with E-state index >= 15 is 0 Å². The van der Waals surface area contributed by atoms with Crippen molar-refractivity contribution in [3.05, 3.63) is 23.2 Å². The molecule has 0 amide bonds. The van der Waals surface area contributed by atoms with Gasteiger partial charge in [0.25, 0.3) is 0 Å². The van der Waals surface area contributed by atoms with Crippen molar-refractivity contribution in [2.24, 2.45) is 0 Å². The summed E-state index contributed by atoms with van der Waals surface area (Å²) in [4.78, 5) is 0.0562. The van der Waals surface area contributed by atoms with Crippen molar-refractivity contribution < 1.29 is 8.42 Å². The fourth-order valence-corrected chi connectivity index (χ4v) is 4.22. The molecule has 0 heterocycles. The lowest BCUT2D eigenvalue weighted by molar-refractivity contribution is 0.598. The highest BCUT2D eigenvalue weighted by molar-refractivity contribution is 8.00. The van der Waals surface area contributed by atoms with Crippen LogP contribution in [0.25, 0.3) is 0 Å². The number of sulfone groups is 1. The van der Waals surface area contributed by atoms with E-state index in [9.17, 15) is 8.42 Å². The molecule has 84 valence electrons. The number of anilines is 1. The van der Waals surface area contributed by atoms with Crippen LogP contribution in [0, 0.1) is 0 Å². The number of rotatable bonds is 4. The van der Waals surface area contributed by atoms with Crippen LogP contribution >= 0.6 is 23.4 Å². The lowest BCUT2D eigenvalue weighted by Gasteiger charge is -2.08. The van der Waals surface area contributed by atoms with Crippen molar-refractivity contribution in [3.63, 3.8) is 0 Å². The van der Waals surface area contributed by atoms with Crippen LogP contribution in [0.3, 0.4) is 0 Å². The summed E-state index contributed by atoms with van der Waals surface area (Å²) < 4.78 is 23.7. The molecule has 0 radical (unpaired) electrons. The number of thioether (sulfide) groups is 1. The zero-order valence-corrected chi connectivity index (χ0v) is 10.6. The Bertz CT molecular complexity index is 425. The molecule has 2 N–H and O–H groups in total. The second-order valence-electron chi connectivity index (χ2n) is 2.97. The fourth-order valence-electron chi connectivity index (χ4n) is 1.15. The fraction of sp³-hybridized carbons (Fsp3) is 0.333. The van der Waals surface area contributed by atoms with Gasteiger partial charge in [-0.15, -0.1) is 0 Å². The highest BCUT2D eigenvalue weighted by Gasteiger charge is 2.20. The maximum atomic E-state index is 11.9. The Morgan fingerprint density at radius 2 is 2.13 bits per heavy atom. The van der Waals surface area contributed by atoms with Gasteiger partial charge >= 0.3 is 0 Å². The Balaban J connectivity index is 3.15. The predicted octanol–water partition coefficient (Wildman–Crippen LogP) is 2.06. The highest BCUT2D eigenvalue weighted by atomic mass is 35.5. The molecule has 0 bridgehead atoms. The minimum Gasteiger partial charge on any atom is -0.398 e. The molecule has 1 rings (SSSR count). The van der Waals surface area contributed by atoms with Gasteiger partial charge in [-0.1, -0.05) is 17.7 Å². The number of hydrogen-bond donors (Lipinski definition) is 1. The molecule has 0 atom stereocenters. The SMILES string of the molecule is CSCCS(=O)(=O)c1c(N)cccc1Cl. The third kappa shape index (κ3) is 3.03. The Morgan fingerprint density at radius 3 is 2.67 bits per heavy atom. The lowest BCUT2D eigenvalue weighted by Crippen LogP contribution is -2.11. The quantitative estimate of drug-likeness (QED) is 0.847. The van der Waals surface area contributed by atoms with E-state index in [1.54, 1.807) is 6.07 Å². The van der Waals surface area contributed by atoms with Gasteiger partial charge in [-0.2, -0.15) is 11.8 Å². The van der Waals surface area contributed by atoms with E-state index in [2.05, 4.69) is 0 Å². The van der Waals surface area contributed by atoms with Crippen molar-refractivity contribution in [3.8, 4) is 0 Å². The molecule has 1 aromatic rings. The molecule has 0 aliphatic carbocycles. The van der Waals surface area contributed by atoms with Crippen molar-refractivity contribution in [1.29, 1.82) is 0 Å². The first kappa shape index (κ1) is 12.7. The Morgan fingerprint density at radius 1 is 1.47 bits per heavy atom. The van der Waals surface area contributed by atoms with Crippen LogP contribution in [-0.4, -0.2) is 26.2 Å². The van der Waals surface area contributed by atoms with E-state index in [-0.39, 0.29) is 21.4 Å². The average molecular weight is 266 g/mol. The smallest absolute Gasteiger partial charge is 0.182 e. The number of benzene rings is 1. The average Bonchev–Trinajstić information content (AvgIpc) is 2.14. The molecule has 0 spiro atoms. The number of hydrogen-bond acceptors (Lipinski definition) is 4. The first-order valence-electron chi connectivity index (χ1n) is 4.24. The second-order valence-corrected chi connectivity index (χ2v) is 6.41. The molecule has 0 fully saturated rings. The summed E-state index contributed by atoms with van der Waals surface area (Å²) in [7, 11) is -3.36. The first-order chi connectivity index (χ1) is 6.99. The van der Waals surface area contributed by atoms with Crippen molar-refractivity contribution in [2.45, 2.75) is 4.90 Å². The van der Waals surface area contributed by atoms with E-state index < -0.39 is 9.84 Å². The zero-order valence-electron chi connectivity index (χ0n) is 8.23. The van der Waals surface area contributed by atoms with Crippen LogP contribution in [0.2, 0.25) is 5.02 Å². The van der Waals surface area contributed by atoms with Gasteiger partial charge in [-0.05, 0) is 18.4 Å². The van der Waals surface area contributed by atoms with Crippen LogP contribution in [0.4, 0.5) is 5.69 Å². The van der Waals surface area contributed by atoms with E-state index in [1.165, 1.54) is 23.9 Å². The molecule has 6 heteroatoms. The summed E-state index contributed by atoms with van der Waals surface area (Å²) in [6.07, 6.45) is 1.85. The van der Waals surface area contributed by atoms with E-state index in [1.807, 2.05) is 6.26 Å². The van der Waals surface area contributed by atoms with Crippen molar-refractivity contribution in [2.75, 3.05) is 23.5 Å².